The van der Waals surface area contributed by atoms with Crippen LogP contribution in [0.2, 0.25) is 0 Å². The molecule has 0 rings (SSSR count). The second-order valence-corrected chi connectivity index (χ2v) is 19.5. The summed E-state index contributed by atoms with van der Waals surface area (Å²) in [6, 6.07) is 0. The summed E-state index contributed by atoms with van der Waals surface area (Å²) in [4.78, 5) is 38.2. The van der Waals surface area contributed by atoms with Gasteiger partial charge in [0.25, 0.3) is 0 Å². The first-order chi connectivity index (χ1) is 34.5. The maximum absolute atomic E-state index is 12.9. The maximum atomic E-state index is 12.9. The Bertz CT molecular complexity index is 1350. The van der Waals surface area contributed by atoms with E-state index < -0.39 is 6.10 Å². The molecule has 0 amide bonds. The van der Waals surface area contributed by atoms with Crippen LogP contribution in [-0.4, -0.2) is 37.2 Å². The Morgan fingerprint density at radius 3 is 0.886 bits per heavy atom. The second-order valence-electron chi connectivity index (χ2n) is 19.5. The quantitative estimate of drug-likeness (QED) is 0.0261. The van der Waals surface area contributed by atoms with Crippen molar-refractivity contribution in [1.29, 1.82) is 0 Å². The molecule has 0 aliphatic carbocycles. The molecule has 0 aliphatic heterocycles. The molecule has 0 N–H and O–H groups in total. The number of unbranched alkanes of at least 4 members (excludes halogenated alkanes) is 28. The van der Waals surface area contributed by atoms with E-state index in [2.05, 4.69) is 106 Å². The lowest BCUT2D eigenvalue weighted by molar-refractivity contribution is -0.167. The lowest BCUT2D eigenvalue weighted by Gasteiger charge is -2.18. The van der Waals surface area contributed by atoms with E-state index in [1.807, 2.05) is 0 Å². The van der Waals surface area contributed by atoms with Crippen LogP contribution in [0.1, 0.15) is 284 Å². The van der Waals surface area contributed by atoms with Gasteiger partial charge >= 0.3 is 17.9 Å². The predicted octanol–water partition coefficient (Wildman–Crippen LogP) is 19.9. The number of hydrogen-bond acceptors (Lipinski definition) is 6. The minimum absolute atomic E-state index is 0.0857. The first kappa shape index (κ1) is 66.6. The lowest BCUT2D eigenvalue weighted by atomic mass is 10.1. The molecule has 0 aromatic heterocycles. The zero-order valence-corrected chi connectivity index (χ0v) is 46.0. The van der Waals surface area contributed by atoms with Crippen LogP contribution < -0.4 is 0 Å². The van der Waals surface area contributed by atoms with Gasteiger partial charge in [-0.2, -0.15) is 0 Å². The summed E-state index contributed by atoms with van der Waals surface area (Å²) in [6.45, 7) is 6.42. The molecule has 6 heteroatoms. The topological polar surface area (TPSA) is 78.9 Å². The summed E-state index contributed by atoms with van der Waals surface area (Å²) in [6.07, 6.45) is 75.7. The van der Waals surface area contributed by atoms with Gasteiger partial charge in [0.05, 0.1) is 0 Å². The van der Waals surface area contributed by atoms with E-state index in [1.165, 1.54) is 135 Å². The highest BCUT2D eigenvalue weighted by Gasteiger charge is 2.19. The van der Waals surface area contributed by atoms with Gasteiger partial charge < -0.3 is 14.2 Å². The van der Waals surface area contributed by atoms with Gasteiger partial charge in [0.2, 0.25) is 0 Å². The maximum Gasteiger partial charge on any atom is 0.306 e. The molecule has 1 atom stereocenters. The van der Waals surface area contributed by atoms with E-state index >= 15 is 0 Å². The Balaban J connectivity index is 4.41. The van der Waals surface area contributed by atoms with Gasteiger partial charge in [-0.25, -0.2) is 0 Å². The molecule has 0 fully saturated rings. The number of rotatable bonds is 53. The third kappa shape index (κ3) is 55.5. The Morgan fingerprint density at radius 2 is 0.557 bits per heavy atom. The van der Waals surface area contributed by atoms with Crippen molar-refractivity contribution in [3.8, 4) is 0 Å². The summed E-state index contributed by atoms with van der Waals surface area (Å²) in [7, 11) is 0. The molecular formula is C64H110O6. The molecule has 0 saturated carbocycles. The van der Waals surface area contributed by atoms with Crippen molar-refractivity contribution >= 4 is 17.9 Å². The van der Waals surface area contributed by atoms with E-state index in [9.17, 15) is 14.4 Å². The summed E-state index contributed by atoms with van der Waals surface area (Å²) in [5.41, 5.74) is 0. The Kier molecular flexibility index (Phi) is 55.3. The van der Waals surface area contributed by atoms with Gasteiger partial charge in [-0.3, -0.25) is 14.4 Å². The van der Waals surface area contributed by atoms with Gasteiger partial charge in [0.1, 0.15) is 13.2 Å². The van der Waals surface area contributed by atoms with Gasteiger partial charge in [-0.05, 0) is 109 Å². The van der Waals surface area contributed by atoms with Gasteiger partial charge in [-0.15, -0.1) is 0 Å². The van der Waals surface area contributed by atoms with Crippen LogP contribution in [0, 0.1) is 0 Å². The van der Waals surface area contributed by atoms with Crippen LogP contribution in [0.4, 0.5) is 0 Å². The van der Waals surface area contributed by atoms with Crippen LogP contribution in [0.15, 0.2) is 85.1 Å². The first-order valence-corrected chi connectivity index (χ1v) is 29.6. The van der Waals surface area contributed by atoms with Gasteiger partial charge in [0.15, 0.2) is 6.10 Å². The fourth-order valence-electron chi connectivity index (χ4n) is 8.23. The van der Waals surface area contributed by atoms with Crippen LogP contribution in [0.25, 0.3) is 0 Å². The lowest BCUT2D eigenvalue weighted by Crippen LogP contribution is -2.30. The van der Waals surface area contributed by atoms with Crippen LogP contribution in [-0.2, 0) is 28.6 Å². The third-order valence-electron chi connectivity index (χ3n) is 12.6. The molecular weight excluding hydrogens is 865 g/mol. The van der Waals surface area contributed by atoms with Crippen molar-refractivity contribution in [3.63, 3.8) is 0 Å². The van der Waals surface area contributed by atoms with E-state index in [-0.39, 0.29) is 31.1 Å². The number of hydrogen-bond donors (Lipinski definition) is 0. The minimum atomic E-state index is -0.789. The highest BCUT2D eigenvalue weighted by Crippen LogP contribution is 2.15. The normalized spacial score (nSPS) is 12.7. The largest absolute Gasteiger partial charge is 0.462 e. The molecule has 0 spiro atoms. The monoisotopic (exact) mass is 975 g/mol. The summed E-state index contributed by atoms with van der Waals surface area (Å²) < 4.78 is 16.9. The van der Waals surface area contributed by atoms with Crippen molar-refractivity contribution in [2.45, 2.75) is 290 Å². The second kappa shape index (κ2) is 58.2. The van der Waals surface area contributed by atoms with Crippen molar-refractivity contribution < 1.29 is 28.6 Å². The molecule has 0 aromatic carbocycles. The fourth-order valence-corrected chi connectivity index (χ4v) is 8.23. The predicted molar refractivity (Wildman–Crippen MR) is 302 cm³/mol. The van der Waals surface area contributed by atoms with Gasteiger partial charge in [-0.1, -0.05) is 241 Å². The number of esters is 3. The Labute approximate surface area is 433 Å². The average molecular weight is 976 g/mol. The van der Waals surface area contributed by atoms with Crippen molar-refractivity contribution in [2.75, 3.05) is 13.2 Å². The summed E-state index contributed by atoms with van der Waals surface area (Å²) in [5.74, 6) is -0.902. The smallest absolute Gasteiger partial charge is 0.306 e. The molecule has 402 valence electrons. The molecule has 0 heterocycles. The zero-order valence-electron chi connectivity index (χ0n) is 46.0. The minimum Gasteiger partial charge on any atom is -0.462 e. The van der Waals surface area contributed by atoms with E-state index in [1.54, 1.807) is 0 Å². The average Bonchev–Trinajstić information content (AvgIpc) is 3.36. The van der Waals surface area contributed by atoms with E-state index in [0.29, 0.717) is 19.3 Å². The number of carbonyl (C=O) groups excluding carboxylic acids is 3. The molecule has 0 aromatic rings. The first-order valence-electron chi connectivity index (χ1n) is 29.6. The Morgan fingerprint density at radius 1 is 0.300 bits per heavy atom. The molecule has 1 unspecified atom stereocenters. The zero-order chi connectivity index (χ0) is 50.7. The van der Waals surface area contributed by atoms with Crippen LogP contribution >= 0.6 is 0 Å². The number of ether oxygens (including phenoxy) is 3. The molecule has 0 aliphatic rings. The number of allylic oxidation sites excluding steroid dienone is 14. The molecule has 0 saturated heterocycles. The molecule has 70 heavy (non-hydrogen) atoms. The molecule has 0 bridgehead atoms. The fraction of sp³-hybridized carbons (Fsp3) is 0.734. The van der Waals surface area contributed by atoms with Crippen molar-refractivity contribution in [3.05, 3.63) is 85.1 Å². The van der Waals surface area contributed by atoms with Crippen LogP contribution in [0.5, 0.6) is 0 Å². The van der Waals surface area contributed by atoms with E-state index in [0.717, 1.165) is 109 Å². The van der Waals surface area contributed by atoms with Crippen LogP contribution in [0.3, 0.4) is 0 Å². The summed E-state index contributed by atoms with van der Waals surface area (Å²) >= 11 is 0. The highest BCUT2D eigenvalue weighted by molar-refractivity contribution is 5.71. The molecule has 0 radical (unpaired) electrons. The standard InChI is InChI=1S/C64H110O6/c1-4-7-10-13-16-19-22-25-28-31-34-36-39-42-45-48-51-54-57-63(66)69-60-61(70-64(67)58-55-52-49-46-43-40-37-33-30-27-24-21-18-15-12-9-6-3)59-68-62(65)56-53-50-47-44-41-38-35-32-29-26-23-20-17-14-11-8-5-2/h8-9,11-12,17-18,20-21,26-31,61H,4-7,10,13-16,19,22-25,32-60H2,1-3H3/b11-8-,12-9-,20-17-,21-18-,29-26-,30-27-,31-28-. The SMILES string of the molecule is CC/C=C\C/C=C\C/C=C\CCCCCCCCCC(=O)OCC(COC(=O)CCCCCCCCC/C=C\CCCCCCCCC)OC(=O)CCCCCCCCC/C=C\C/C=C\C/C=C\CC. The highest BCUT2D eigenvalue weighted by atomic mass is 16.6. The van der Waals surface area contributed by atoms with Crippen molar-refractivity contribution in [1.82, 2.24) is 0 Å². The van der Waals surface area contributed by atoms with Crippen molar-refractivity contribution in [2.24, 2.45) is 0 Å². The third-order valence-corrected chi connectivity index (χ3v) is 12.6. The molecule has 6 nitrogen and oxygen atoms in total. The number of carbonyl (C=O) groups is 3. The van der Waals surface area contributed by atoms with E-state index in [4.69, 9.17) is 14.2 Å². The van der Waals surface area contributed by atoms with Gasteiger partial charge in [0, 0.05) is 19.3 Å². The Hall–Kier alpha value is -3.41. The summed E-state index contributed by atoms with van der Waals surface area (Å²) in [5, 5.41) is 0.